The zero-order valence-electron chi connectivity index (χ0n) is 18.9. The third-order valence-corrected chi connectivity index (χ3v) is 5.07. The van der Waals surface area contributed by atoms with Crippen molar-refractivity contribution in [3.63, 3.8) is 0 Å². The Balaban J connectivity index is 1.33. The van der Waals surface area contributed by atoms with Crippen LogP contribution < -0.4 is 4.74 Å². The molecule has 0 saturated heterocycles. The second-order valence-corrected chi connectivity index (χ2v) is 7.70. The molecular weight excluding hydrogens is 431 g/mol. The second-order valence-electron chi connectivity index (χ2n) is 7.70. The molecular formula is C29H27FO4. The van der Waals surface area contributed by atoms with Gasteiger partial charge < -0.3 is 9.47 Å². The Morgan fingerprint density at radius 3 is 2.21 bits per heavy atom. The summed E-state index contributed by atoms with van der Waals surface area (Å²) in [5, 5.41) is 0. The summed E-state index contributed by atoms with van der Waals surface area (Å²) in [5.74, 6) is -0.448. The Morgan fingerprint density at radius 2 is 1.53 bits per heavy atom. The number of carbonyl (C=O) groups excluding carboxylic acids is 2. The average Bonchev–Trinajstić information content (AvgIpc) is 2.86. The van der Waals surface area contributed by atoms with E-state index in [1.807, 2.05) is 24.3 Å². The fourth-order valence-electron chi connectivity index (χ4n) is 3.13. The standard InChI is InChI=1S/C29H27FO4/c1-2-22-6-8-24(9-7-22)21-33-20-4-3-5-29(32)34-27-17-10-23(11-18-27)12-19-28(31)25-13-15-26(30)16-14-25/h2,6-19H,1,3-5,20-21H2. The van der Waals surface area contributed by atoms with Gasteiger partial charge in [-0.25, -0.2) is 4.39 Å². The van der Waals surface area contributed by atoms with Crippen molar-refractivity contribution >= 4 is 23.9 Å². The number of hydrogen-bond donors (Lipinski definition) is 0. The first-order valence-corrected chi connectivity index (χ1v) is 11.1. The van der Waals surface area contributed by atoms with Crippen molar-refractivity contribution in [2.24, 2.45) is 0 Å². The highest BCUT2D eigenvalue weighted by molar-refractivity contribution is 6.06. The van der Waals surface area contributed by atoms with Crippen LogP contribution in [0.2, 0.25) is 0 Å². The molecule has 0 aromatic heterocycles. The lowest BCUT2D eigenvalue weighted by molar-refractivity contribution is -0.134. The summed E-state index contributed by atoms with van der Waals surface area (Å²) >= 11 is 0. The molecule has 3 aromatic rings. The van der Waals surface area contributed by atoms with E-state index in [-0.39, 0.29) is 17.6 Å². The van der Waals surface area contributed by atoms with Gasteiger partial charge in [0.25, 0.3) is 0 Å². The fraction of sp³-hybridized carbons (Fsp3) is 0.172. The van der Waals surface area contributed by atoms with Gasteiger partial charge in [-0.1, -0.05) is 55.1 Å². The van der Waals surface area contributed by atoms with Crippen LogP contribution in [0, 0.1) is 5.82 Å². The number of benzene rings is 3. The van der Waals surface area contributed by atoms with Gasteiger partial charge in [0.15, 0.2) is 5.78 Å². The molecule has 0 N–H and O–H groups in total. The molecule has 4 nitrogen and oxygen atoms in total. The van der Waals surface area contributed by atoms with E-state index in [1.165, 1.54) is 30.3 Å². The van der Waals surface area contributed by atoms with Gasteiger partial charge in [0, 0.05) is 18.6 Å². The number of carbonyl (C=O) groups is 2. The summed E-state index contributed by atoms with van der Waals surface area (Å²) in [6.45, 7) is 4.85. The molecule has 0 radical (unpaired) electrons. The van der Waals surface area contributed by atoms with Crippen LogP contribution in [0.1, 0.15) is 46.3 Å². The lowest BCUT2D eigenvalue weighted by atomic mass is 10.1. The van der Waals surface area contributed by atoms with E-state index >= 15 is 0 Å². The van der Waals surface area contributed by atoms with Gasteiger partial charge in [-0.05, 0) is 72.0 Å². The van der Waals surface area contributed by atoms with Gasteiger partial charge in [-0.15, -0.1) is 0 Å². The van der Waals surface area contributed by atoms with E-state index in [0.717, 1.165) is 23.1 Å². The Bertz CT molecular complexity index is 1110. The van der Waals surface area contributed by atoms with Crippen LogP contribution in [-0.4, -0.2) is 18.4 Å². The predicted octanol–water partition coefficient (Wildman–Crippen LogP) is 6.66. The molecule has 0 heterocycles. The molecule has 0 saturated carbocycles. The number of ketones is 1. The Hall–Kier alpha value is -3.83. The first kappa shape index (κ1) is 24.8. The van der Waals surface area contributed by atoms with Gasteiger partial charge >= 0.3 is 5.97 Å². The highest BCUT2D eigenvalue weighted by Crippen LogP contribution is 2.15. The maximum Gasteiger partial charge on any atom is 0.311 e. The Labute approximate surface area is 199 Å². The molecule has 0 unspecified atom stereocenters. The maximum atomic E-state index is 13.0. The van der Waals surface area contributed by atoms with Crippen molar-refractivity contribution in [2.75, 3.05) is 6.61 Å². The first-order valence-electron chi connectivity index (χ1n) is 11.1. The minimum absolute atomic E-state index is 0.218. The van der Waals surface area contributed by atoms with E-state index in [0.29, 0.717) is 37.4 Å². The monoisotopic (exact) mass is 458 g/mol. The number of unbranched alkanes of at least 4 members (excludes halogenated alkanes) is 1. The minimum Gasteiger partial charge on any atom is -0.427 e. The molecule has 3 rings (SSSR count). The maximum absolute atomic E-state index is 13.0. The summed E-state index contributed by atoms with van der Waals surface area (Å²) in [7, 11) is 0. The third-order valence-electron chi connectivity index (χ3n) is 5.07. The summed E-state index contributed by atoms with van der Waals surface area (Å²) in [6, 6.07) is 20.3. The molecule has 0 bridgehead atoms. The van der Waals surface area contributed by atoms with Crippen LogP contribution in [0.5, 0.6) is 5.75 Å². The molecule has 0 amide bonds. The molecule has 0 aliphatic rings. The van der Waals surface area contributed by atoms with Crippen molar-refractivity contribution in [3.8, 4) is 5.75 Å². The lowest BCUT2D eigenvalue weighted by Crippen LogP contribution is -2.08. The number of hydrogen-bond acceptors (Lipinski definition) is 4. The molecule has 0 aliphatic heterocycles. The quantitative estimate of drug-likeness (QED) is 0.100. The van der Waals surface area contributed by atoms with Crippen LogP contribution in [0.4, 0.5) is 4.39 Å². The smallest absolute Gasteiger partial charge is 0.311 e. The number of rotatable bonds is 12. The number of halogens is 1. The summed E-state index contributed by atoms with van der Waals surface area (Å²) in [4.78, 5) is 24.2. The van der Waals surface area contributed by atoms with Gasteiger partial charge in [0.2, 0.25) is 0 Å². The Kier molecular flexibility index (Phi) is 9.50. The van der Waals surface area contributed by atoms with E-state index in [1.54, 1.807) is 36.4 Å². The number of ether oxygens (including phenoxy) is 2. The van der Waals surface area contributed by atoms with Crippen LogP contribution in [0.15, 0.2) is 85.5 Å². The van der Waals surface area contributed by atoms with E-state index in [2.05, 4.69) is 6.58 Å². The molecule has 5 heteroatoms. The van der Waals surface area contributed by atoms with Crippen LogP contribution >= 0.6 is 0 Å². The summed E-state index contributed by atoms with van der Waals surface area (Å²) in [6.07, 6.45) is 6.64. The zero-order valence-corrected chi connectivity index (χ0v) is 18.9. The average molecular weight is 459 g/mol. The summed E-state index contributed by atoms with van der Waals surface area (Å²) in [5.41, 5.74) is 3.37. The normalized spacial score (nSPS) is 10.9. The molecule has 34 heavy (non-hydrogen) atoms. The highest BCUT2D eigenvalue weighted by atomic mass is 19.1. The largest absolute Gasteiger partial charge is 0.427 e. The number of allylic oxidation sites excluding steroid dienone is 1. The van der Waals surface area contributed by atoms with Crippen molar-refractivity contribution in [2.45, 2.75) is 25.9 Å². The van der Waals surface area contributed by atoms with Crippen LogP contribution in [-0.2, 0) is 16.1 Å². The first-order chi connectivity index (χ1) is 16.5. The van der Waals surface area contributed by atoms with Crippen molar-refractivity contribution < 1.29 is 23.5 Å². The van der Waals surface area contributed by atoms with Gasteiger partial charge in [0.05, 0.1) is 6.61 Å². The van der Waals surface area contributed by atoms with E-state index in [9.17, 15) is 14.0 Å². The molecule has 0 atom stereocenters. The molecule has 0 fully saturated rings. The minimum atomic E-state index is -0.384. The highest BCUT2D eigenvalue weighted by Gasteiger charge is 2.05. The van der Waals surface area contributed by atoms with Crippen LogP contribution in [0.25, 0.3) is 12.2 Å². The van der Waals surface area contributed by atoms with Crippen molar-refractivity contribution in [1.82, 2.24) is 0 Å². The van der Waals surface area contributed by atoms with Gasteiger partial charge in [0.1, 0.15) is 11.6 Å². The van der Waals surface area contributed by atoms with E-state index in [4.69, 9.17) is 9.47 Å². The zero-order chi connectivity index (χ0) is 24.2. The number of esters is 1. The molecule has 3 aromatic carbocycles. The lowest BCUT2D eigenvalue weighted by Gasteiger charge is -2.06. The second kappa shape index (κ2) is 13.0. The van der Waals surface area contributed by atoms with Gasteiger partial charge in [-0.3, -0.25) is 9.59 Å². The predicted molar refractivity (Wildman–Crippen MR) is 132 cm³/mol. The van der Waals surface area contributed by atoms with Gasteiger partial charge in [-0.2, -0.15) is 0 Å². The molecule has 174 valence electrons. The fourth-order valence-corrected chi connectivity index (χ4v) is 3.13. The molecule has 0 aliphatic carbocycles. The van der Waals surface area contributed by atoms with E-state index < -0.39 is 0 Å². The Morgan fingerprint density at radius 1 is 0.853 bits per heavy atom. The summed E-state index contributed by atoms with van der Waals surface area (Å²) < 4.78 is 24.0. The SMILES string of the molecule is C=Cc1ccc(COCCCCC(=O)Oc2ccc(C=CC(=O)c3ccc(F)cc3)cc2)cc1. The molecule has 0 spiro atoms. The third kappa shape index (κ3) is 8.26. The topological polar surface area (TPSA) is 52.6 Å². The van der Waals surface area contributed by atoms with Crippen LogP contribution in [0.3, 0.4) is 0 Å². The van der Waals surface area contributed by atoms with Crippen molar-refractivity contribution in [1.29, 1.82) is 0 Å². The van der Waals surface area contributed by atoms with Crippen molar-refractivity contribution in [3.05, 3.63) is 114 Å².